The molecule has 0 saturated heterocycles. The molecule has 0 saturated carbocycles. The van der Waals surface area contributed by atoms with Crippen molar-refractivity contribution in [3.05, 3.63) is 65.7 Å². The van der Waals surface area contributed by atoms with Crippen LogP contribution in [0.5, 0.6) is 5.75 Å². The number of nitrogens with one attached hydrogen (secondary N) is 2. The smallest absolute Gasteiger partial charge is 0.306 e. The quantitative estimate of drug-likeness (QED) is 0.364. The summed E-state index contributed by atoms with van der Waals surface area (Å²) in [7, 11) is 0. The van der Waals surface area contributed by atoms with Gasteiger partial charge in [-0.1, -0.05) is 48.0 Å². The van der Waals surface area contributed by atoms with E-state index in [4.69, 9.17) is 9.47 Å². The number of hydrazine groups is 1. The lowest BCUT2D eigenvalue weighted by atomic mass is 10.1. The van der Waals surface area contributed by atoms with Crippen molar-refractivity contribution in [1.82, 2.24) is 10.9 Å². The van der Waals surface area contributed by atoms with Crippen LogP contribution in [-0.4, -0.2) is 31.0 Å². The van der Waals surface area contributed by atoms with Gasteiger partial charge in [0.25, 0.3) is 5.91 Å². The molecule has 7 nitrogen and oxygen atoms in total. The van der Waals surface area contributed by atoms with Crippen molar-refractivity contribution in [2.24, 2.45) is 0 Å². The van der Waals surface area contributed by atoms with Crippen LogP contribution >= 0.6 is 0 Å². The first-order chi connectivity index (χ1) is 14.0. The Morgan fingerprint density at radius 3 is 2.28 bits per heavy atom. The van der Waals surface area contributed by atoms with Gasteiger partial charge in [-0.25, -0.2) is 0 Å². The minimum atomic E-state index is -0.498. The first-order valence-corrected chi connectivity index (χ1v) is 9.49. The van der Waals surface area contributed by atoms with Gasteiger partial charge in [0.05, 0.1) is 13.0 Å². The number of esters is 1. The van der Waals surface area contributed by atoms with Crippen molar-refractivity contribution in [2.75, 3.05) is 13.2 Å². The Labute approximate surface area is 170 Å². The average molecular weight is 398 g/mol. The van der Waals surface area contributed by atoms with Crippen molar-refractivity contribution in [3.8, 4) is 5.75 Å². The minimum absolute atomic E-state index is 0.0487. The van der Waals surface area contributed by atoms with Crippen LogP contribution in [0.3, 0.4) is 0 Å². The summed E-state index contributed by atoms with van der Waals surface area (Å²) < 4.78 is 10.4. The normalized spacial score (nSPS) is 10.1. The summed E-state index contributed by atoms with van der Waals surface area (Å²) in [5.74, 6) is -0.855. The number of carbonyl (C=O) groups excluding carboxylic acids is 3. The molecule has 0 heterocycles. The summed E-state index contributed by atoms with van der Waals surface area (Å²) in [6, 6.07) is 17.2. The molecule has 0 bridgehead atoms. The maximum atomic E-state index is 11.7. The zero-order valence-electron chi connectivity index (χ0n) is 16.5. The molecule has 0 spiro atoms. The van der Waals surface area contributed by atoms with Crippen LogP contribution in [0.15, 0.2) is 54.6 Å². The van der Waals surface area contributed by atoms with E-state index in [9.17, 15) is 14.4 Å². The molecule has 0 atom stereocenters. The van der Waals surface area contributed by atoms with E-state index in [0.717, 1.165) is 18.4 Å². The second-order valence-electron chi connectivity index (χ2n) is 6.51. The van der Waals surface area contributed by atoms with Crippen molar-refractivity contribution in [3.63, 3.8) is 0 Å². The lowest BCUT2D eigenvalue weighted by Crippen LogP contribution is -2.43. The van der Waals surface area contributed by atoms with Crippen molar-refractivity contribution in [1.29, 1.82) is 0 Å². The van der Waals surface area contributed by atoms with Crippen molar-refractivity contribution in [2.45, 2.75) is 32.6 Å². The zero-order valence-corrected chi connectivity index (χ0v) is 16.5. The van der Waals surface area contributed by atoms with Gasteiger partial charge in [0.1, 0.15) is 5.75 Å². The fourth-order valence-corrected chi connectivity index (χ4v) is 2.42. The summed E-state index contributed by atoms with van der Waals surface area (Å²) in [6.07, 6.45) is 1.42. The molecule has 2 aromatic carbocycles. The molecular formula is C22H26N2O5. The Hall–Kier alpha value is -3.35. The predicted molar refractivity (Wildman–Crippen MR) is 108 cm³/mol. The third-order valence-corrected chi connectivity index (χ3v) is 4.00. The monoisotopic (exact) mass is 398 g/mol. The first kappa shape index (κ1) is 21.9. The van der Waals surface area contributed by atoms with Gasteiger partial charge >= 0.3 is 5.97 Å². The van der Waals surface area contributed by atoms with Crippen molar-refractivity contribution >= 4 is 17.8 Å². The molecule has 0 aliphatic carbocycles. The third-order valence-electron chi connectivity index (χ3n) is 4.00. The van der Waals surface area contributed by atoms with E-state index < -0.39 is 17.8 Å². The van der Waals surface area contributed by atoms with Crippen LogP contribution < -0.4 is 15.6 Å². The number of amides is 2. The summed E-state index contributed by atoms with van der Waals surface area (Å²) in [5.41, 5.74) is 6.76. The highest BCUT2D eigenvalue weighted by Gasteiger charge is 2.09. The van der Waals surface area contributed by atoms with E-state index in [0.29, 0.717) is 12.4 Å². The number of ether oxygens (including phenoxy) is 2. The highest BCUT2D eigenvalue weighted by Crippen LogP contribution is 2.10. The van der Waals surface area contributed by atoms with E-state index in [1.54, 1.807) is 12.1 Å². The molecule has 0 aromatic heterocycles. The molecule has 0 aliphatic heterocycles. The van der Waals surface area contributed by atoms with E-state index >= 15 is 0 Å². The number of hydrogen-bond acceptors (Lipinski definition) is 5. The van der Waals surface area contributed by atoms with Gasteiger partial charge in [-0.3, -0.25) is 25.2 Å². The highest BCUT2D eigenvalue weighted by molar-refractivity contribution is 5.84. The lowest BCUT2D eigenvalue weighted by Gasteiger charge is -2.09. The minimum Gasteiger partial charge on any atom is -0.484 e. The number of carbonyl (C=O) groups is 3. The molecule has 0 fully saturated rings. The van der Waals surface area contributed by atoms with Crippen LogP contribution in [0, 0.1) is 6.92 Å². The van der Waals surface area contributed by atoms with Crippen LogP contribution in [0.4, 0.5) is 0 Å². The fraction of sp³-hybridized carbons (Fsp3) is 0.318. The topological polar surface area (TPSA) is 93.7 Å². The van der Waals surface area contributed by atoms with Gasteiger partial charge in [0.2, 0.25) is 5.91 Å². The Bertz CT molecular complexity index is 791. The molecule has 2 aromatic rings. The largest absolute Gasteiger partial charge is 0.484 e. The molecule has 2 amide bonds. The number of benzene rings is 2. The predicted octanol–water partition coefficient (Wildman–Crippen LogP) is 2.48. The van der Waals surface area contributed by atoms with Crippen LogP contribution in [0.1, 0.15) is 30.4 Å². The molecule has 29 heavy (non-hydrogen) atoms. The summed E-state index contributed by atoms with van der Waals surface area (Å²) in [4.78, 5) is 35.0. The Balaban J connectivity index is 1.51. The van der Waals surface area contributed by atoms with Gasteiger partial charge in [-0.15, -0.1) is 0 Å². The SMILES string of the molecule is Cc1ccc(OCC(=O)NNC(=O)CCC(=O)OCCCc2ccccc2)cc1. The maximum Gasteiger partial charge on any atom is 0.306 e. The number of aryl methyl sites for hydroxylation is 2. The molecule has 0 unspecified atom stereocenters. The van der Waals surface area contributed by atoms with Crippen LogP contribution in [-0.2, 0) is 25.5 Å². The van der Waals surface area contributed by atoms with E-state index in [-0.39, 0.29) is 19.4 Å². The molecule has 0 radical (unpaired) electrons. The van der Waals surface area contributed by atoms with Gasteiger partial charge in [-0.05, 0) is 37.5 Å². The molecule has 0 aliphatic rings. The van der Waals surface area contributed by atoms with Gasteiger partial charge < -0.3 is 9.47 Å². The third kappa shape index (κ3) is 9.41. The first-order valence-electron chi connectivity index (χ1n) is 9.49. The van der Waals surface area contributed by atoms with E-state index in [1.165, 1.54) is 5.56 Å². The number of hydrogen-bond donors (Lipinski definition) is 2. The van der Waals surface area contributed by atoms with Gasteiger partial charge in [0, 0.05) is 6.42 Å². The standard InChI is InChI=1S/C22H26N2O5/c1-17-9-11-19(12-10-17)29-16-21(26)24-23-20(25)13-14-22(27)28-15-5-8-18-6-3-2-4-7-18/h2-4,6-7,9-12H,5,8,13-16H2,1H3,(H,23,25)(H,24,26). The zero-order chi connectivity index (χ0) is 20.9. The van der Waals surface area contributed by atoms with E-state index in [2.05, 4.69) is 10.9 Å². The van der Waals surface area contributed by atoms with E-state index in [1.807, 2.05) is 49.4 Å². The molecule has 2 rings (SSSR count). The van der Waals surface area contributed by atoms with Crippen molar-refractivity contribution < 1.29 is 23.9 Å². The Morgan fingerprint density at radius 2 is 1.55 bits per heavy atom. The molecule has 7 heteroatoms. The lowest BCUT2D eigenvalue weighted by molar-refractivity contribution is -0.145. The van der Waals surface area contributed by atoms with Gasteiger partial charge in [-0.2, -0.15) is 0 Å². The van der Waals surface area contributed by atoms with Gasteiger partial charge in [0.15, 0.2) is 6.61 Å². The second kappa shape index (κ2) is 12.2. The highest BCUT2D eigenvalue weighted by atomic mass is 16.5. The average Bonchev–Trinajstić information content (AvgIpc) is 2.74. The van der Waals surface area contributed by atoms with Crippen LogP contribution in [0.2, 0.25) is 0 Å². The number of rotatable bonds is 10. The summed E-state index contributed by atoms with van der Waals surface area (Å²) in [6.45, 7) is 2.03. The second-order valence-corrected chi connectivity index (χ2v) is 6.51. The molecular weight excluding hydrogens is 372 g/mol. The Morgan fingerprint density at radius 1 is 0.862 bits per heavy atom. The van der Waals surface area contributed by atoms with Crippen LogP contribution in [0.25, 0.3) is 0 Å². The summed E-state index contributed by atoms with van der Waals surface area (Å²) >= 11 is 0. The summed E-state index contributed by atoms with van der Waals surface area (Å²) in [5, 5.41) is 0. The molecule has 2 N–H and O–H groups in total. The fourth-order valence-electron chi connectivity index (χ4n) is 2.42. The Kier molecular flexibility index (Phi) is 9.21. The maximum absolute atomic E-state index is 11.7. The molecule has 154 valence electrons.